The Kier molecular flexibility index (Phi) is 65.0. The van der Waals surface area contributed by atoms with Crippen LogP contribution >= 0.6 is 15.6 Å². The molecular formula is C75H128O16P2. The number of carbonyl (C=O) groups excluding carboxylic acids is 3. The summed E-state index contributed by atoms with van der Waals surface area (Å²) >= 11 is 0. The van der Waals surface area contributed by atoms with Gasteiger partial charge in [0.2, 0.25) is 0 Å². The minimum atomic E-state index is -4.93. The molecule has 0 aliphatic heterocycles. The summed E-state index contributed by atoms with van der Waals surface area (Å²) in [5.74, 6) is -1.61. The van der Waals surface area contributed by atoms with Crippen molar-refractivity contribution in [1.29, 1.82) is 0 Å². The fraction of sp³-hybridized carbons (Fsp3) is 0.693. The van der Waals surface area contributed by atoms with Crippen LogP contribution in [0, 0.1) is 0 Å². The molecule has 0 aliphatic carbocycles. The van der Waals surface area contributed by atoms with E-state index in [-0.39, 0.29) is 19.3 Å². The number of allylic oxidation sites excluding steroid dienone is 20. The molecule has 93 heavy (non-hydrogen) atoms. The number of hydrogen-bond acceptors (Lipinski definition) is 14. The van der Waals surface area contributed by atoms with Crippen LogP contribution in [0.1, 0.15) is 278 Å². The van der Waals surface area contributed by atoms with E-state index in [1.807, 2.05) is 0 Å². The predicted molar refractivity (Wildman–Crippen MR) is 380 cm³/mol. The van der Waals surface area contributed by atoms with Crippen LogP contribution in [-0.4, -0.2) is 95.9 Å². The SMILES string of the molecule is CC/C=C\C/C=C\C/C=C\C/C=C\C/C=C\CCCCCCCCCCCCCC(=O)OCC(O)COP(=O)(O)OCC(O)COP(=O)(O)OCC(COC(=O)CCCCCCCC/C=C\C/C=C\C/C=C\C/C=C\CC)OC(=O)CCCCCCC/C=C\CCCC. The molecule has 16 nitrogen and oxygen atoms in total. The van der Waals surface area contributed by atoms with Crippen molar-refractivity contribution in [2.24, 2.45) is 0 Å². The number of rotatable bonds is 67. The molecule has 18 heteroatoms. The minimum absolute atomic E-state index is 0.0889. The number of carbonyl (C=O) groups is 3. The van der Waals surface area contributed by atoms with E-state index in [1.165, 1.54) is 57.8 Å². The molecule has 0 aromatic carbocycles. The molecule has 0 radical (unpaired) electrons. The second-order valence-electron chi connectivity index (χ2n) is 23.6. The van der Waals surface area contributed by atoms with E-state index in [0.717, 1.165) is 161 Å². The Morgan fingerprint density at radius 3 is 0.914 bits per heavy atom. The third kappa shape index (κ3) is 69.1. The molecule has 0 saturated heterocycles. The van der Waals surface area contributed by atoms with Crippen LogP contribution in [0.5, 0.6) is 0 Å². The molecule has 0 aliphatic rings. The molecule has 0 aromatic rings. The van der Waals surface area contributed by atoms with Crippen LogP contribution in [0.4, 0.5) is 0 Å². The standard InChI is InChI=1S/C75H128O16P2/c1-4-7-10-13-16-19-22-24-26-28-30-31-32-33-34-35-36-37-39-41-42-44-47-49-52-55-58-61-73(78)85-64-70(76)65-87-92(81,82)88-66-71(77)67-89-93(83,84)90-69-72(91-75(80)63-60-57-54-51-46-21-18-15-12-9-6-3)68-86-74(79)62-59-56-53-50-48-45-43-40-38-29-27-25-23-20-17-14-11-8-5-2/h7-8,10-11,15-20,24-27,30-31,33-34,38,40,70-72,76-77H,4-6,9,12-14,21-23,28-29,32,35-37,39,41-69H2,1-3H3,(H,81,82)(H,83,84)/b10-7-,11-8-,18-15-,19-16-,20-17-,26-24-,27-25-,31-30-,34-33-,40-38-. The highest BCUT2D eigenvalue weighted by atomic mass is 31.2. The van der Waals surface area contributed by atoms with E-state index in [9.17, 15) is 43.5 Å². The van der Waals surface area contributed by atoms with E-state index in [1.54, 1.807) is 0 Å². The maximum Gasteiger partial charge on any atom is 0.472 e. The van der Waals surface area contributed by atoms with Gasteiger partial charge in [-0.2, -0.15) is 0 Å². The summed E-state index contributed by atoms with van der Waals surface area (Å²) in [5, 5.41) is 20.6. The highest BCUT2D eigenvalue weighted by molar-refractivity contribution is 7.47. The van der Waals surface area contributed by atoms with E-state index >= 15 is 0 Å². The predicted octanol–water partition coefficient (Wildman–Crippen LogP) is 20.2. The summed E-state index contributed by atoms with van der Waals surface area (Å²) < 4.78 is 60.9. The number of hydrogen-bond donors (Lipinski definition) is 4. The second kappa shape index (κ2) is 67.9. The van der Waals surface area contributed by atoms with E-state index < -0.39 is 91.5 Å². The number of ether oxygens (including phenoxy) is 3. The Balaban J connectivity index is 4.49. The van der Waals surface area contributed by atoms with Crippen molar-refractivity contribution in [3.05, 3.63) is 122 Å². The van der Waals surface area contributed by atoms with Gasteiger partial charge in [-0.25, -0.2) is 9.13 Å². The summed E-state index contributed by atoms with van der Waals surface area (Å²) in [6.45, 7) is 2.37. The van der Waals surface area contributed by atoms with Gasteiger partial charge in [0.05, 0.1) is 26.4 Å². The van der Waals surface area contributed by atoms with Crippen molar-refractivity contribution in [3.8, 4) is 0 Å². The van der Waals surface area contributed by atoms with Crippen molar-refractivity contribution in [1.82, 2.24) is 0 Å². The summed E-state index contributed by atoms with van der Waals surface area (Å²) in [6, 6.07) is 0. The third-order valence-electron chi connectivity index (χ3n) is 14.7. The minimum Gasteiger partial charge on any atom is -0.463 e. The Hall–Kier alpha value is -4.05. The van der Waals surface area contributed by atoms with Gasteiger partial charge in [-0.15, -0.1) is 0 Å². The van der Waals surface area contributed by atoms with Crippen LogP contribution in [0.3, 0.4) is 0 Å². The lowest BCUT2D eigenvalue weighted by molar-refractivity contribution is -0.161. The zero-order valence-corrected chi connectivity index (χ0v) is 59.7. The number of aliphatic hydroxyl groups excluding tert-OH is 2. The van der Waals surface area contributed by atoms with Crippen LogP contribution < -0.4 is 0 Å². The molecule has 5 unspecified atom stereocenters. The molecule has 0 rings (SSSR count). The quantitative estimate of drug-likeness (QED) is 0.0146. The summed E-state index contributed by atoms with van der Waals surface area (Å²) in [6.07, 6.45) is 78.3. The maximum absolute atomic E-state index is 12.9. The van der Waals surface area contributed by atoms with Gasteiger partial charge in [-0.1, -0.05) is 258 Å². The first-order valence-electron chi connectivity index (χ1n) is 35.8. The third-order valence-corrected chi connectivity index (χ3v) is 16.6. The molecule has 534 valence electrons. The lowest BCUT2D eigenvalue weighted by atomic mass is 10.0. The summed E-state index contributed by atoms with van der Waals surface area (Å²) in [7, 11) is -9.78. The fourth-order valence-electron chi connectivity index (χ4n) is 9.22. The van der Waals surface area contributed by atoms with Crippen molar-refractivity contribution in [3.63, 3.8) is 0 Å². The lowest BCUT2D eigenvalue weighted by Crippen LogP contribution is -2.30. The van der Waals surface area contributed by atoms with Crippen LogP contribution in [-0.2, 0) is 55.8 Å². The summed E-state index contributed by atoms with van der Waals surface area (Å²) in [5.41, 5.74) is 0. The average Bonchev–Trinajstić information content (AvgIpc) is 2.94. The van der Waals surface area contributed by atoms with Crippen LogP contribution in [0.15, 0.2) is 122 Å². The van der Waals surface area contributed by atoms with Gasteiger partial charge in [0.1, 0.15) is 25.4 Å². The fourth-order valence-corrected chi connectivity index (χ4v) is 10.8. The van der Waals surface area contributed by atoms with Gasteiger partial charge >= 0.3 is 33.6 Å². The van der Waals surface area contributed by atoms with Crippen molar-refractivity contribution in [2.45, 2.75) is 296 Å². The van der Waals surface area contributed by atoms with E-state index in [4.69, 9.17) is 32.3 Å². The first kappa shape index (κ1) is 89.0. The van der Waals surface area contributed by atoms with Gasteiger partial charge in [-0.3, -0.25) is 32.5 Å². The molecule has 0 heterocycles. The lowest BCUT2D eigenvalue weighted by Gasteiger charge is -2.21. The molecule has 0 amide bonds. The first-order valence-corrected chi connectivity index (χ1v) is 38.8. The molecule has 0 fully saturated rings. The monoisotopic (exact) mass is 1350 g/mol. The summed E-state index contributed by atoms with van der Waals surface area (Å²) in [4.78, 5) is 58.4. The number of esters is 3. The van der Waals surface area contributed by atoms with Gasteiger partial charge in [-0.05, 0) is 122 Å². The van der Waals surface area contributed by atoms with Crippen molar-refractivity contribution < 1.29 is 75.8 Å². The largest absolute Gasteiger partial charge is 0.472 e. The van der Waals surface area contributed by atoms with Gasteiger partial charge in [0, 0.05) is 19.3 Å². The number of phosphoric ester groups is 2. The van der Waals surface area contributed by atoms with Crippen LogP contribution in [0.25, 0.3) is 0 Å². The maximum atomic E-state index is 12.9. The average molecular weight is 1350 g/mol. The normalized spacial score (nSPS) is 14.9. The highest BCUT2D eigenvalue weighted by Crippen LogP contribution is 2.45. The Morgan fingerprint density at radius 1 is 0.312 bits per heavy atom. The smallest absolute Gasteiger partial charge is 0.463 e. The van der Waals surface area contributed by atoms with Crippen molar-refractivity contribution in [2.75, 3.05) is 39.6 Å². The molecule has 0 spiro atoms. The topological polar surface area (TPSA) is 231 Å². The molecule has 5 atom stereocenters. The van der Waals surface area contributed by atoms with Crippen LogP contribution in [0.2, 0.25) is 0 Å². The molecule has 0 bridgehead atoms. The number of phosphoric acid groups is 2. The Morgan fingerprint density at radius 2 is 0.570 bits per heavy atom. The van der Waals surface area contributed by atoms with Gasteiger partial charge in [0.15, 0.2) is 6.10 Å². The Bertz CT molecular complexity index is 2180. The van der Waals surface area contributed by atoms with Gasteiger partial charge in [0.25, 0.3) is 0 Å². The van der Waals surface area contributed by atoms with E-state index in [0.29, 0.717) is 19.3 Å². The zero-order chi connectivity index (χ0) is 68.1. The Labute approximate surface area is 563 Å². The molecular weight excluding hydrogens is 1220 g/mol. The van der Waals surface area contributed by atoms with Crippen molar-refractivity contribution >= 4 is 33.6 Å². The second-order valence-corrected chi connectivity index (χ2v) is 26.5. The molecule has 4 N–H and O–H groups in total. The first-order chi connectivity index (χ1) is 45.2. The van der Waals surface area contributed by atoms with Gasteiger partial charge < -0.3 is 34.2 Å². The molecule has 0 saturated carbocycles. The highest BCUT2D eigenvalue weighted by Gasteiger charge is 2.29. The zero-order valence-electron chi connectivity index (χ0n) is 57.9. The van der Waals surface area contributed by atoms with E-state index in [2.05, 4.69) is 142 Å². The number of aliphatic hydroxyl groups is 2. The number of unbranched alkanes of at least 4 members (excludes halogenated alkanes) is 24. The molecule has 0 aromatic heterocycles.